The van der Waals surface area contributed by atoms with Crippen LogP contribution in [0.2, 0.25) is 0 Å². The fourth-order valence-corrected chi connectivity index (χ4v) is 2.09. The van der Waals surface area contributed by atoms with E-state index in [2.05, 4.69) is 13.8 Å². The van der Waals surface area contributed by atoms with Gasteiger partial charge in [0.05, 0.1) is 18.7 Å². The van der Waals surface area contributed by atoms with Gasteiger partial charge in [-0.05, 0) is 12.8 Å². The van der Waals surface area contributed by atoms with Crippen molar-refractivity contribution in [3.63, 3.8) is 0 Å². The average Bonchev–Trinajstić information content (AvgIpc) is 2.42. The monoisotopic (exact) mass is 281 g/mol. The predicted octanol–water partition coefficient (Wildman–Crippen LogP) is 3.79. The predicted molar refractivity (Wildman–Crippen MR) is 81.1 cm³/mol. The molecule has 0 radical (unpaired) electrons. The standard InChI is InChI=1S/C16H27NO3/c1-3-5-6-7-8-10-19-13-11-15(14(17)9-4-2)20-16(18)12-13/h11-12,14H,3-10,17H2,1-2H3/t14-/m1/s1. The zero-order valence-electron chi connectivity index (χ0n) is 12.7. The first kappa shape index (κ1) is 16.8. The Labute approximate surface area is 121 Å². The fourth-order valence-electron chi connectivity index (χ4n) is 2.09. The second-order valence-electron chi connectivity index (χ2n) is 5.17. The molecule has 0 amide bonds. The molecule has 1 aromatic heterocycles. The Hall–Kier alpha value is -1.29. The van der Waals surface area contributed by atoms with Gasteiger partial charge in [-0.25, -0.2) is 4.79 Å². The van der Waals surface area contributed by atoms with Crippen molar-refractivity contribution in [1.29, 1.82) is 0 Å². The lowest BCUT2D eigenvalue weighted by Gasteiger charge is -2.11. The molecule has 2 N–H and O–H groups in total. The molecule has 0 aliphatic carbocycles. The lowest BCUT2D eigenvalue weighted by atomic mass is 10.1. The molecule has 0 saturated carbocycles. The number of nitrogens with two attached hydrogens (primary N) is 1. The maximum absolute atomic E-state index is 11.5. The highest BCUT2D eigenvalue weighted by Crippen LogP contribution is 2.19. The van der Waals surface area contributed by atoms with Crippen molar-refractivity contribution < 1.29 is 9.15 Å². The van der Waals surface area contributed by atoms with Crippen LogP contribution in [0.5, 0.6) is 5.75 Å². The van der Waals surface area contributed by atoms with Crippen LogP contribution in [0.15, 0.2) is 21.3 Å². The van der Waals surface area contributed by atoms with Crippen molar-refractivity contribution in [3.8, 4) is 5.75 Å². The minimum absolute atomic E-state index is 0.235. The van der Waals surface area contributed by atoms with E-state index in [0.29, 0.717) is 18.1 Å². The fraction of sp³-hybridized carbons (Fsp3) is 0.688. The highest BCUT2D eigenvalue weighted by molar-refractivity contribution is 5.22. The van der Waals surface area contributed by atoms with Gasteiger partial charge < -0.3 is 14.9 Å². The molecule has 0 bridgehead atoms. The lowest BCUT2D eigenvalue weighted by Crippen LogP contribution is -2.13. The van der Waals surface area contributed by atoms with Crippen molar-refractivity contribution in [3.05, 3.63) is 28.3 Å². The first-order valence-corrected chi connectivity index (χ1v) is 7.70. The summed E-state index contributed by atoms with van der Waals surface area (Å²) in [5.74, 6) is 1.08. The highest BCUT2D eigenvalue weighted by Gasteiger charge is 2.10. The van der Waals surface area contributed by atoms with Crippen molar-refractivity contribution in [2.75, 3.05) is 6.61 Å². The van der Waals surface area contributed by atoms with Crippen LogP contribution in [0, 0.1) is 0 Å². The molecule has 1 rings (SSSR count). The Morgan fingerprint density at radius 1 is 1.15 bits per heavy atom. The second-order valence-corrected chi connectivity index (χ2v) is 5.17. The molecule has 1 heterocycles. The third-order valence-electron chi connectivity index (χ3n) is 3.24. The molecule has 20 heavy (non-hydrogen) atoms. The molecule has 4 nitrogen and oxygen atoms in total. The topological polar surface area (TPSA) is 65.5 Å². The van der Waals surface area contributed by atoms with Crippen LogP contribution < -0.4 is 16.1 Å². The van der Waals surface area contributed by atoms with Crippen LogP contribution in [0.3, 0.4) is 0 Å². The summed E-state index contributed by atoms with van der Waals surface area (Å²) >= 11 is 0. The van der Waals surface area contributed by atoms with Gasteiger partial charge in [-0.15, -0.1) is 0 Å². The summed E-state index contributed by atoms with van der Waals surface area (Å²) < 4.78 is 10.8. The molecule has 1 aromatic rings. The smallest absolute Gasteiger partial charge is 0.339 e. The average molecular weight is 281 g/mol. The zero-order chi connectivity index (χ0) is 14.8. The van der Waals surface area contributed by atoms with Crippen LogP contribution in [-0.4, -0.2) is 6.61 Å². The molecule has 4 heteroatoms. The van der Waals surface area contributed by atoms with Gasteiger partial charge in [-0.2, -0.15) is 0 Å². The molecular formula is C16H27NO3. The third kappa shape index (κ3) is 6.24. The first-order valence-electron chi connectivity index (χ1n) is 7.70. The van der Waals surface area contributed by atoms with Gasteiger partial charge in [0.25, 0.3) is 0 Å². The van der Waals surface area contributed by atoms with E-state index in [1.165, 1.54) is 25.3 Å². The molecule has 114 valence electrons. The first-order chi connectivity index (χ1) is 9.67. The molecule has 0 spiro atoms. The van der Waals surface area contributed by atoms with Gasteiger partial charge >= 0.3 is 5.63 Å². The number of rotatable bonds is 10. The van der Waals surface area contributed by atoms with Crippen molar-refractivity contribution >= 4 is 0 Å². The number of hydrogen-bond donors (Lipinski definition) is 1. The molecule has 0 fully saturated rings. The van der Waals surface area contributed by atoms with Crippen LogP contribution >= 0.6 is 0 Å². The van der Waals surface area contributed by atoms with Gasteiger partial charge in [0.15, 0.2) is 0 Å². The molecule has 0 aliphatic heterocycles. The van der Waals surface area contributed by atoms with Crippen LogP contribution in [0.25, 0.3) is 0 Å². The summed E-state index contributed by atoms with van der Waals surface area (Å²) in [6, 6.07) is 2.89. The molecule has 0 unspecified atom stereocenters. The summed E-state index contributed by atoms with van der Waals surface area (Å²) in [7, 11) is 0. The van der Waals surface area contributed by atoms with E-state index in [4.69, 9.17) is 14.9 Å². The van der Waals surface area contributed by atoms with E-state index >= 15 is 0 Å². The van der Waals surface area contributed by atoms with Gasteiger partial charge in [0.1, 0.15) is 11.5 Å². The van der Waals surface area contributed by atoms with Crippen LogP contribution in [0.1, 0.15) is 70.6 Å². The summed E-state index contributed by atoms with van der Waals surface area (Å²) in [6.45, 7) is 4.88. The number of unbranched alkanes of at least 4 members (excludes halogenated alkanes) is 4. The number of ether oxygens (including phenoxy) is 1. The van der Waals surface area contributed by atoms with E-state index in [-0.39, 0.29) is 6.04 Å². The van der Waals surface area contributed by atoms with Crippen LogP contribution in [0.4, 0.5) is 0 Å². The minimum atomic E-state index is -0.393. The van der Waals surface area contributed by atoms with E-state index < -0.39 is 5.63 Å². The molecule has 0 aliphatic rings. The summed E-state index contributed by atoms with van der Waals surface area (Å²) in [5, 5.41) is 0. The Kier molecular flexibility index (Phi) is 8.04. The Morgan fingerprint density at radius 2 is 1.90 bits per heavy atom. The molecule has 0 saturated heterocycles. The summed E-state index contributed by atoms with van der Waals surface area (Å²) in [6.07, 6.45) is 7.67. The Bertz CT molecular complexity index is 428. The quantitative estimate of drug-likeness (QED) is 0.663. The van der Waals surface area contributed by atoms with Gasteiger partial charge in [-0.3, -0.25) is 0 Å². The Balaban J connectivity index is 2.47. The van der Waals surface area contributed by atoms with E-state index in [0.717, 1.165) is 25.7 Å². The second kappa shape index (κ2) is 9.59. The van der Waals surface area contributed by atoms with E-state index in [9.17, 15) is 4.79 Å². The van der Waals surface area contributed by atoms with Gasteiger partial charge in [0.2, 0.25) is 0 Å². The highest BCUT2D eigenvalue weighted by atomic mass is 16.5. The third-order valence-corrected chi connectivity index (χ3v) is 3.24. The van der Waals surface area contributed by atoms with Crippen molar-refractivity contribution in [1.82, 2.24) is 0 Å². The van der Waals surface area contributed by atoms with E-state index in [1.54, 1.807) is 6.07 Å². The lowest BCUT2D eigenvalue weighted by molar-refractivity contribution is 0.296. The largest absolute Gasteiger partial charge is 0.493 e. The maximum Gasteiger partial charge on any atom is 0.339 e. The summed E-state index contributed by atoms with van der Waals surface area (Å²) in [4.78, 5) is 11.5. The summed E-state index contributed by atoms with van der Waals surface area (Å²) in [5.41, 5.74) is 5.57. The maximum atomic E-state index is 11.5. The molecular weight excluding hydrogens is 254 g/mol. The molecule has 1 atom stereocenters. The van der Waals surface area contributed by atoms with Gasteiger partial charge in [-0.1, -0.05) is 46.0 Å². The van der Waals surface area contributed by atoms with E-state index in [1.807, 2.05) is 0 Å². The van der Waals surface area contributed by atoms with Gasteiger partial charge in [0, 0.05) is 6.07 Å². The number of hydrogen-bond acceptors (Lipinski definition) is 4. The van der Waals surface area contributed by atoms with Crippen molar-refractivity contribution in [2.45, 2.75) is 64.8 Å². The SMILES string of the molecule is CCCCCCCOc1cc([C@H](N)CCC)oc(=O)c1. The zero-order valence-corrected chi connectivity index (χ0v) is 12.7. The van der Waals surface area contributed by atoms with Crippen molar-refractivity contribution in [2.24, 2.45) is 5.73 Å². The van der Waals surface area contributed by atoms with Crippen LogP contribution in [-0.2, 0) is 0 Å². The Morgan fingerprint density at radius 3 is 2.60 bits per heavy atom. The molecule has 0 aromatic carbocycles. The normalized spacial score (nSPS) is 12.3. The minimum Gasteiger partial charge on any atom is -0.493 e.